The molecule has 0 aromatic heterocycles. The summed E-state index contributed by atoms with van der Waals surface area (Å²) < 4.78 is 13.7. The van der Waals surface area contributed by atoms with Gasteiger partial charge >= 0.3 is 0 Å². The minimum Gasteiger partial charge on any atom is -0.342 e. The van der Waals surface area contributed by atoms with E-state index in [9.17, 15) is 9.18 Å². The van der Waals surface area contributed by atoms with E-state index in [0.29, 0.717) is 12.1 Å². The van der Waals surface area contributed by atoms with Gasteiger partial charge in [0, 0.05) is 19.2 Å². The fourth-order valence-corrected chi connectivity index (χ4v) is 1.55. The van der Waals surface area contributed by atoms with Crippen molar-refractivity contribution < 1.29 is 9.18 Å². The molecule has 0 aliphatic heterocycles. The zero-order chi connectivity index (χ0) is 13.5. The van der Waals surface area contributed by atoms with Crippen molar-refractivity contribution in [1.82, 2.24) is 4.90 Å². The van der Waals surface area contributed by atoms with Gasteiger partial charge in [0.05, 0.1) is 12.1 Å². The van der Waals surface area contributed by atoms with E-state index in [2.05, 4.69) is 11.8 Å². The summed E-state index contributed by atoms with van der Waals surface area (Å²) in [5.74, 6) is 4.52. The summed E-state index contributed by atoms with van der Waals surface area (Å²) in [5, 5.41) is 0. The Morgan fingerprint density at radius 1 is 1.50 bits per heavy atom. The summed E-state index contributed by atoms with van der Waals surface area (Å²) in [6.07, 6.45) is 0.866. The maximum atomic E-state index is 13.7. The van der Waals surface area contributed by atoms with Crippen molar-refractivity contribution in [1.29, 1.82) is 0 Å². The minimum absolute atomic E-state index is 0.180. The Kier molecular flexibility index (Phi) is 5.34. The lowest BCUT2D eigenvalue weighted by Crippen LogP contribution is -2.27. The Morgan fingerprint density at radius 3 is 2.78 bits per heavy atom. The zero-order valence-corrected chi connectivity index (χ0v) is 10.7. The SMILES string of the molecule is CCCN(C)C(=O)c1ccc(C#CCN)c(F)c1. The number of carbonyl (C=O) groups is 1. The van der Waals surface area contributed by atoms with Crippen LogP contribution in [-0.4, -0.2) is 30.9 Å². The van der Waals surface area contributed by atoms with Crippen LogP contribution in [0.3, 0.4) is 0 Å². The van der Waals surface area contributed by atoms with Gasteiger partial charge in [0.1, 0.15) is 5.82 Å². The molecule has 0 saturated carbocycles. The molecule has 1 rings (SSSR count). The summed E-state index contributed by atoms with van der Waals surface area (Å²) in [5.41, 5.74) is 5.82. The van der Waals surface area contributed by atoms with E-state index in [-0.39, 0.29) is 18.0 Å². The smallest absolute Gasteiger partial charge is 0.253 e. The highest BCUT2D eigenvalue weighted by atomic mass is 19.1. The zero-order valence-electron chi connectivity index (χ0n) is 10.7. The van der Waals surface area contributed by atoms with Gasteiger partial charge < -0.3 is 10.6 Å². The van der Waals surface area contributed by atoms with Gasteiger partial charge in [0.2, 0.25) is 0 Å². The molecule has 0 atom stereocenters. The van der Waals surface area contributed by atoms with Crippen LogP contribution < -0.4 is 5.73 Å². The minimum atomic E-state index is -0.494. The van der Waals surface area contributed by atoms with Crippen molar-refractivity contribution in [2.75, 3.05) is 20.1 Å². The average Bonchev–Trinajstić information content (AvgIpc) is 2.36. The monoisotopic (exact) mass is 248 g/mol. The molecule has 1 aromatic carbocycles. The fourth-order valence-electron chi connectivity index (χ4n) is 1.55. The van der Waals surface area contributed by atoms with Crippen LogP contribution in [0.2, 0.25) is 0 Å². The molecule has 3 nitrogen and oxygen atoms in total. The highest BCUT2D eigenvalue weighted by Gasteiger charge is 2.12. The maximum Gasteiger partial charge on any atom is 0.253 e. The average molecular weight is 248 g/mol. The number of carbonyl (C=O) groups excluding carboxylic acids is 1. The Morgan fingerprint density at radius 2 is 2.22 bits per heavy atom. The van der Waals surface area contributed by atoms with Crippen LogP contribution in [0, 0.1) is 17.7 Å². The van der Waals surface area contributed by atoms with Gasteiger partial charge in [-0.25, -0.2) is 4.39 Å². The van der Waals surface area contributed by atoms with Gasteiger partial charge in [0.15, 0.2) is 0 Å². The Balaban J connectivity index is 2.93. The molecule has 0 radical (unpaired) electrons. The predicted octanol–water partition coefficient (Wildman–Crippen LogP) is 1.62. The van der Waals surface area contributed by atoms with Gasteiger partial charge in [-0.2, -0.15) is 0 Å². The van der Waals surface area contributed by atoms with Crippen LogP contribution in [-0.2, 0) is 0 Å². The van der Waals surface area contributed by atoms with Crippen LogP contribution in [0.1, 0.15) is 29.3 Å². The van der Waals surface area contributed by atoms with E-state index in [1.807, 2.05) is 6.92 Å². The number of amides is 1. The van der Waals surface area contributed by atoms with Crippen LogP contribution in [0.5, 0.6) is 0 Å². The first-order valence-electron chi connectivity index (χ1n) is 5.84. The molecule has 96 valence electrons. The standard InChI is InChI=1S/C14H17FN2O/c1-3-9-17(2)14(18)12-7-6-11(5-4-8-16)13(15)10-12/h6-7,10H,3,8-9,16H2,1-2H3. The second-order valence-corrected chi connectivity index (χ2v) is 3.93. The molecular weight excluding hydrogens is 231 g/mol. The summed E-state index contributed by atoms with van der Waals surface area (Å²) in [6.45, 7) is 2.81. The largest absolute Gasteiger partial charge is 0.342 e. The molecule has 0 aliphatic carbocycles. The number of halogens is 1. The van der Waals surface area contributed by atoms with Crippen molar-refractivity contribution in [2.45, 2.75) is 13.3 Å². The van der Waals surface area contributed by atoms with Gasteiger partial charge in [-0.1, -0.05) is 18.8 Å². The quantitative estimate of drug-likeness (QED) is 0.826. The van der Waals surface area contributed by atoms with Crippen molar-refractivity contribution in [2.24, 2.45) is 5.73 Å². The van der Waals surface area contributed by atoms with Crippen molar-refractivity contribution >= 4 is 5.91 Å². The first-order valence-corrected chi connectivity index (χ1v) is 5.84. The van der Waals surface area contributed by atoms with Crippen LogP contribution in [0.4, 0.5) is 4.39 Å². The molecule has 0 unspecified atom stereocenters. The highest BCUT2D eigenvalue weighted by molar-refractivity contribution is 5.94. The Labute approximate surface area is 107 Å². The van der Waals surface area contributed by atoms with Crippen molar-refractivity contribution in [3.8, 4) is 11.8 Å². The van der Waals surface area contributed by atoms with Crippen LogP contribution in [0.15, 0.2) is 18.2 Å². The van der Waals surface area contributed by atoms with Crippen LogP contribution in [0.25, 0.3) is 0 Å². The molecule has 18 heavy (non-hydrogen) atoms. The summed E-state index contributed by atoms with van der Waals surface area (Å²) in [6, 6.07) is 4.30. The van der Waals surface area contributed by atoms with Gasteiger partial charge in [-0.05, 0) is 24.6 Å². The number of nitrogens with zero attached hydrogens (tertiary/aromatic N) is 1. The summed E-state index contributed by atoms with van der Waals surface area (Å²) in [7, 11) is 1.70. The lowest BCUT2D eigenvalue weighted by atomic mass is 10.1. The van der Waals surface area contributed by atoms with Crippen LogP contribution >= 0.6 is 0 Å². The third-order valence-electron chi connectivity index (χ3n) is 2.45. The second-order valence-electron chi connectivity index (χ2n) is 3.93. The topological polar surface area (TPSA) is 46.3 Å². The normalized spacial score (nSPS) is 9.56. The molecule has 0 fully saturated rings. The lowest BCUT2D eigenvalue weighted by Gasteiger charge is -2.16. The molecule has 0 aliphatic rings. The second kappa shape index (κ2) is 6.77. The molecule has 1 amide bonds. The summed E-state index contributed by atoms with van der Waals surface area (Å²) in [4.78, 5) is 13.5. The van der Waals surface area contributed by atoms with Gasteiger partial charge in [0.25, 0.3) is 5.91 Å². The number of hydrogen-bond acceptors (Lipinski definition) is 2. The van der Waals surface area contributed by atoms with E-state index in [1.165, 1.54) is 12.1 Å². The third kappa shape index (κ3) is 3.57. The molecule has 2 N–H and O–H groups in total. The van der Waals surface area contributed by atoms with E-state index < -0.39 is 5.82 Å². The van der Waals surface area contributed by atoms with E-state index >= 15 is 0 Å². The molecule has 1 aromatic rings. The first kappa shape index (κ1) is 14.2. The predicted molar refractivity (Wildman–Crippen MR) is 69.6 cm³/mol. The molecule has 0 heterocycles. The Hall–Kier alpha value is -1.86. The number of benzene rings is 1. The van der Waals surface area contributed by atoms with E-state index in [0.717, 1.165) is 6.42 Å². The molecule has 4 heteroatoms. The number of nitrogens with two attached hydrogens (primary N) is 1. The lowest BCUT2D eigenvalue weighted by molar-refractivity contribution is 0.0794. The highest BCUT2D eigenvalue weighted by Crippen LogP contribution is 2.11. The Bertz CT molecular complexity index is 488. The van der Waals surface area contributed by atoms with Crippen molar-refractivity contribution in [3.05, 3.63) is 35.1 Å². The molecule has 0 spiro atoms. The third-order valence-corrected chi connectivity index (χ3v) is 2.45. The van der Waals surface area contributed by atoms with Gasteiger partial charge in [-0.3, -0.25) is 4.79 Å². The first-order chi connectivity index (χ1) is 8.60. The maximum absolute atomic E-state index is 13.7. The summed E-state index contributed by atoms with van der Waals surface area (Å²) >= 11 is 0. The molecule has 0 bridgehead atoms. The van der Waals surface area contributed by atoms with E-state index in [1.54, 1.807) is 18.0 Å². The number of rotatable bonds is 3. The van der Waals surface area contributed by atoms with Gasteiger partial charge in [-0.15, -0.1) is 0 Å². The van der Waals surface area contributed by atoms with E-state index in [4.69, 9.17) is 5.73 Å². The fraction of sp³-hybridized carbons (Fsp3) is 0.357. The molecule has 0 saturated heterocycles. The van der Waals surface area contributed by atoms with Crippen molar-refractivity contribution in [3.63, 3.8) is 0 Å². The molecular formula is C14H17FN2O. The number of hydrogen-bond donors (Lipinski definition) is 1.